The number of carboxylic acids is 1. The third kappa shape index (κ3) is 2.72. The van der Waals surface area contributed by atoms with Crippen LogP contribution in [0.1, 0.15) is 31.5 Å². The molecule has 1 N–H and O–H groups in total. The summed E-state index contributed by atoms with van der Waals surface area (Å²) in [6.07, 6.45) is 0. The van der Waals surface area contributed by atoms with Gasteiger partial charge in [-0.2, -0.15) is 12.6 Å². The van der Waals surface area contributed by atoms with Crippen LogP contribution in [0.15, 0.2) is 48.5 Å². The van der Waals surface area contributed by atoms with Crippen molar-refractivity contribution in [1.29, 1.82) is 0 Å². The Morgan fingerprint density at radius 3 is 2.04 bits per heavy atom. The van der Waals surface area contributed by atoms with Gasteiger partial charge in [0, 0.05) is 11.6 Å². The Morgan fingerprint density at radius 2 is 1.54 bits per heavy atom. The number of fused-ring (bicyclic) bond motifs is 1. The Hall–Kier alpha value is -3.20. The average molecular weight is 372 g/mol. The second-order valence-electron chi connectivity index (χ2n) is 5.57. The quantitative estimate of drug-likeness (QED) is 0.360. The van der Waals surface area contributed by atoms with Crippen molar-refractivity contribution < 1.29 is 24.4 Å². The van der Waals surface area contributed by atoms with Crippen LogP contribution in [0.25, 0.3) is 0 Å². The van der Waals surface area contributed by atoms with Crippen LogP contribution in [0.5, 0.6) is 0 Å². The first-order valence-electron chi connectivity index (χ1n) is 7.45. The molecule has 132 valence electrons. The largest absolute Gasteiger partial charge is 0.480 e. The molecule has 0 fully saturated rings. The van der Waals surface area contributed by atoms with Gasteiger partial charge >= 0.3 is 5.97 Å². The van der Waals surface area contributed by atoms with Crippen LogP contribution in [-0.2, 0) is 4.79 Å². The minimum Gasteiger partial charge on any atom is -0.480 e. The number of benzene rings is 2. The summed E-state index contributed by atoms with van der Waals surface area (Å²) in [6, 6.07) is 9.75. The van der Waals surface area contributed by atoms with E-state index in [9.17, 15) is 29.6 Å². The highest BCUT2D eigenvalue weighted by Gasteiger charge is 2.46. The van der Waals surface area contributed by atoms with E-state index in [4.69, 9.17) is 0 Å². The van der Waals surface area contributed by atoms with Crippen LogP contribution in [0.2, 0.25) is 0 Å². The van der Waals surface area contributed by atoms with Gasteiger partial charge in [0.1, 0.15) is 0 Å². The Labute approximate surface area is 152 Å². The van der Waals surface area contributed by atoms with E-state index in [1.54, 1.807) is 12.1 Å². The van der Waals surface area contributed by atoms with Gasteiger partial charge in [0.25, 0.3) is 17.5 Å². The number of nitro groups is 1. The molecule has 2 aromatic carbocycles. The molecule has 0 aliphatic carbocycles. The zero-order chi connectivity index (χ0) is 19.0. The summed E-state index contributed by atoms with van der Waals surface area (Å²) in [7, 11) is 0. The van der Waals surface area contributed by atoms with Gasteiger partial charge < -0.3 is 5.11 Å². The fraction of sp³-hybridized carbons (Fsp3) is 0.118. The summed E-state index contributed by atoms with van der Waals surface area (Å²) in [4.78, 5) is 48.2. The summed E-state index contributed by atoms with van der Waals surface area (Å²) in [6.45, 7) is 0. The topological polar surface area (TPSA) is 118 Å². The molecule has 0 radical (unpaired) electrons. The van der Waals surface area contributed by atoms with Gasteiger partial charge in [-0.1, -0.05) is 30.3 Å². The lowest BCUT2D eigenvalue weighted by molar-refractivity contribution is -0.385. The maximum atomic E-state index is 12.6. The van der Waals surface area contributed by atoms with Crippen molar-refractivity contribution in [2.45, 2.75) is 11.3 Å². The summed E-state index contributed by atoms with van der Waals surface area (Å²) in [5, 5.41) is 19.6. The molecule has 0 aromatic heterocycles. The van der Waals surface area contributed by atoms with Crippen molar-refractivity contribution in [1.82, 2.24) is 4.90 Å². The number of para-hydroxylation sites is 1. The smallest absolute Gasteiger partial charge is 0.328 e. The van der Waals surface area contributed by atoms with Crippen LogP contribution in [0.4, 0.5) is 5.69 Å². The van der Waals surface area contributed by atoms with E-state index < -0.39 is 34.0 Å². The molecule has 0 saturated carbocycles. The number of carbonyl (C=O) groups excluding carboxylic acids is 2. The van der Waals surface area contributed by atoms with Gasteiger partial charge in [-0.05, 0) is 12.1 Å². The van der Waals surface area contributed by atoms with Crippen molar-refractivity contribution in [3.8, 4) is 0 Å². The summed E-state index contributed by atoms with van der Waals surface area (Å²) < 4.78 is 0. The van der Waals surface area contributed by atoms with Crippen LogP contribution >= 0.6 is 12.6 Å². The molecule has 2 aromatic rings. The molecule has 3 rings (SSSR count). The number of amides is 2. The second kappa shape index (κ2) is 6.60. The predicted molar refractivity (Wildman–Crippen MR) is 93.2 cm³/mol. The van der Waals surface area contributed by atoms with E-state index in [0.717, 1.165) is 0 Å². The molecule has 0 bridgehead atoms. The zero-order valence-electron chi connectivity index (χ0n) is 13.1. The van der Waals surface area contributed by atoms with Gasteiger partial charge in [-0.15, -0.1) is 0 Å². The van der Waals surface area contributed by atoms with E-state index in [1.165, 1.54) is 36.4 Å². The highest BCUT2D eigenvalue weighted by atomic mass is 32.1. The lowest BCUT2D eigenvalue weighted by Gasteiger charge is -2.27. The lowest BCUT2D eigenvalue weighted by Crippen LogP contribution is -2.47. The van der Waals surface area contributed by atoms with Gasteiger partial charge in [0.15, 0.2) is 6.04 Å². The molecular weight excluding hydrogens is 360 g/mol. The van der Waals surface area contributed by atoms with E-state index in [2.05, 4.69) is 12.6 Å². The fourth-order valence-corrected chi connectivity index (χ4v) is 3.40. The monoisotopic (exact) mass is 372 g/mol. The van der Waals surface area contributed by atoms with Crippen LogP contribution in [-0.4, -0.2) is 38.8 Å². The number of imide groups is 1. The van der Waals surface area contributed by atoms with E-state index in [1.807, 2.05) is 0 Å². The number of hydrogen-bond acceptors (Lipinski definition) is 6. The van der Waals surface area contributed by atoms with E-state index in [0.29, 0.717) is 4.90 Å². The maximum absolute atomic E-state index is 12.6. The first-order valence-corrected chi connectivity index (χ1v) is 7.97. The number of carbonyl (C=O) groups is 3. The number of nitrogens with zero attached hydrogens (tertiary/aromatic N) is 2. The standard InChI is InChI=1S/C17H12N2O6S/c20-15-9-5-1-2-6-10(9)16(21)18(15)13(17(22)23)14(26)11-7-3-4-8-12(11)19(24)25/h1-8,13-14,26H,(H,22,23). The molecule has 8 nitrogen and oxygen atoms in total. The molecule has 1 aliphatic rings. The van der Waals surface area contributed by atoms with E-state index >= 15 is 0 Å². The average Bonchev–Trinajstić information content (AvgIpc) is 2.87. The molecule has 0 spiro atoms. The predicted octanol–water partition coefficient (Wildman–Crippen LogP) is 2.32. The first kappa shape index (κ1) is 17.6. The lowest BCUT2D eigenvalue weighted by atomic mass is 10.0. The molecule has 26 heavy (non-hydrogen) atoms. The number of nitro benzene ring substituents is 1. The molecule has 2 unspecified atom stereocenters. The molecule has 1 aliphatic heterocycles. The third-order valence-electron chi connectivity index (χ3n) is 4.11. The van der Waals surface area contributed by atoms with Crippen molar-refractivity contribution in [3.05, 3.63) is 75.3 Å². The number of carboxylic acid groups (broad SMARTS) is 1. The number of hydrogen-bond donors (Lipinski definition) is 2. The van der Waals surface area contributed by atoms with Crippen molar-refractivity contribution >= 4 is 36.1 Å². The van der Waals surface area contributed by atoms with Gasteiger partial charge in [0.05, 0.1) is 21.3 Å². The van der Waals surface area contributed by atoms with Gasteiger partial charge in [-0.25, -0.2) is 4.79 Å². The van der Waals surface area contributed by atoms with Gasteiger partial charge in [-0.3, -0.25) is 24.6 Å². The van der Waals surface area contributed by atoms with Crippen molar-refractivity contribution in [2.75, 3.05) is 0 Å². The third-order valence-corrected chi connectivity index (χ3v) is 4.67. The normalized spacial score (nSPS) is 15.5. The van der Waals surface area contributed by atoms with Gasteiger partial charge in [0.2, 0.25) is 0 Å². The molecule has 1 heterocycles. The molecule has 2 amide bonds. The summed E-state index contributed by atoms with van der Waals surface area (Å²) in [5.41, 5.74) is -0.154. The SMILES string of the molecule is O=C(O)C(C(S)c1ccccc1[N+](=O)[O-])N1C(=O)c2ccccc2C1=O. The Kier molecular flexibility index (Phi) is 4.47. The zero-order valence-corrected chi connectivity index (χ0v) is 14.0. The first-order chi connectivity index (χ1) is 12.3. The Bertz CT molecular complexity index is 909. The van der Waals surface area contributed by atoms with Crippen LogP contribution < -0.4 is 0 Å². The number of aliphatic carboxylic acids is 1. The molecular formula is C17H12N2O6S. The fourth-order valence-electron chi connectivity index (χ4n) is 2.92. The maximum Gasteiger partial charge on any atom is 0.328 e. The minimum absolute atomic E-state index is 0.00443. The number of thiol groups is 1. The van der Waals surface area contributed by atoms with Crippen molar-refractivity contribution in [2.24, 2.45) is 0 Å². The summed E-state index contributed by atoms with van der Waals surface area (Å²) >= 11 is 4.22. The van der Waals surface area contributed by atoms with Crippen LogP contribution in [0.3, 0.4) is 0 Å². The highest BCUT2D eigenvalue weighted by molar-refractivity contribution is 7.80. The van der Waals surface area contributed by atoms with Crippen LogP contribution in [0, 0.1) is 10.1 Å². The minimum atomic E-state index is -1.70. The highest BCUT2D eigenvalue weighted by Crippen LogP contribution is 2.37. The Balaban J connectivity index is 2.07. The van der Waals surface area contributed by atoms with Crippen molar-refractivity contribution in [3.63, 3.8) is 0 Å². The summed E-state index contributed by atoms with van der Waals surface area (Å²) in [5.74, 6) is -3.02. The molecule has 9 heteroatoms. The Morgan fingerprint density at radius 1 is 1.04 bits per heavy atom. The number of rotatable bonds is 5. The molecule has 0 saturated heterocycles. The van der Waals surface area contributed by atoms with E-state index in [-0.39, 0.29) is 22.4 Å². The second-order valence-corrected chi connectivity index (χ2v) is 6.13. The molecule has 2 atom stereocenters.